The average Bonchev–Trinajstić information content (AvgIpc) is 2.23. The fourth-order valence-corrected chi connectivity index (χ4v) is 2.02. The quantitative estimate of drug-likeness (QED) is 0.475. The number of aromatic nitrogens is 1. The van der Waals surface area contributed by atoms with Gasteiger partial charge in [-0.2, -0.15) is 0 Å². The molecule has 0 spiro atoms. The topological polar surface area (TPSA) is 59.3 Å². The average molecular weight is 294 g/mol. The van der Waals surface area contributed by atoms with Crippen LogP contribution in [0.15, 0.2) is 6.07 Å². The summed E-state index contributed by atoms with van der Waals surface area (Å²) in [6.07, 6.45) is 0. The lowest BCUT2D eigenvalue weighted by atomic mass is 10.2. The van der Waals surface area contributed by atoms with Crippen LogP contribution >= 0.6 is 24.0 Å². The first-order chi connectivity index (χ1) is 8.01. The number of pyridine rings is 1. The molecule has 0 radical (unpaired) electrons. The van der Waals surface area contributed by atoms with E-state index >= 15 is 0 Å². The molecule has 0 unspecified atom stereocenters. The second-order valence-corrected chi connectivity index (χ2v) is 4.12. The maximum Gasteiger partial charge on any atom is 0.313 e. The summed E-state index contributed by atoms with van der Waals surface area (Å²) < 4.78 is 0. The van der Waals surface area contributed by atoms with Crippen LogP contribution in [-0.4, -0.2) is 28.9 Å². The SMILES string of the molecule is CCN(CCCl)c1cc(C)nc(C)c1[N+](=O)[O-].Cl. The normalized spacial score (nSPS) is 9.78. The largest absolute Gasteiger partial charge is 0.365 e. The first-order valence-electron chi connectivity index (χ1n) is 5.44. The first kappa shape index (κ1) is 16.9. The fourth-order valence-electron chi connectivity index (χ4n) is 1.82. The zero-order chi connectivity index (χ0) is 13.0. The van der Waals surface area contributed by atoms with E-state index in [9.17, 15) is 10.1 Å². The van der Waals surface area contributed by atoms with Gasteiger partial charge in [0, 0.05) is 24.7 Å². The van der Waals surface area contributed by atoms with Crippen LogP contribution in [0.4, 0.5) is 11.4 Å². The Morgan fingerprint density at radius 3 is 2.56 bits per heavy atom. The summed E-state index contributed by atoms with van der Waals surface area (Å²) in [5, 5.41) is 11.1. The number of nitro groups is 1. The van der Waals surface area contributed by atoms with Crippen LogP contribution < -0.4 is 4.90 Å². The Morgan fingerprint density at radius 2 is 2.11 bits per heavy atom. The van der Waals surface area contributed by atoms with E-state index in [0.29, 0.717) is 30.4 Å². The molecule has 5 nitrogen and oxygen atoms in total. The molecule has 0 bridgehead atoms. The van der Waals surface area contributed by atoms with Gasteiger partial charge in [0.2, 0.25) is 0 Å². The zero-order valence-corrected chi connectivity index (χ0v) is 12.2. The molecule has 0 saturated heterocycles. The predicted molar refractivity (Wildman–Crippen MR) is 76.2 cm³/mol. The number of alkyl halides is 1. The fraction of sp³-hybridized carbons (Fsp3) is 0.545. The van der Waals surface area contributed by atoms with Gasteiger partial charge in [-0.25, -0.2) is 0 Å². The van der Waals surface area contributed by atoms with Gasteiger partial charge >= 0.3 is 5.69 Å². The molecule has 0 saturated carbocycles. The van der Waals surface area contributed by atoms with Gasteiger partial charge in [-0.05, 0) is 26.8 Å². The molecule has 1 heterocycles. The molecule has 0 aliphatic heterocycles. The Bertz CT molecular complexity index is 427. The Hall–Kier alpha value is -1.07. The van der Waals surface area contributed by atoms with Crippen LogP contribution in [0.2, 0.25) is 0 Å². The third kappa shape index (κ3) is 3.71. The zero-order valence-electron chi connectivity index (χ0n) is 10.6. The van der Waals surface area contributed by atoms with Crippen molar-refractivity contribution in [3.8, 4) is 0 Å². The number of hydrogen-bond acceptors (Lipinski definition) is 4. The highest BCUT2D eigenvalue weighted by atomic mass is 35.5. The minimum atomic E-state index is -0.381. The second-order valence-electron chi connectivity index (χ2n) is 3.74. The summed E-state index contributed by atoms with van der Waals surface area (Å²) in [7, 11) is 0. The highest BCUT2D eigenvalue weighted by Crippen LogP contribution is 2.31. The van der Waals surface area contributed by atoms with E-state index in [0.717, 1.165) is 5.69 Å². The number of hydrogen-bond donors (Lipinski definition) is 0. The molecule has 7 heteroatoms. The van der Waals surface area contributed by atoms with Crippen molar-refractivity contribution in [3.63, 3.8) is 0 Å². The standard InChI is InChI=1S/C11H16ClN3O2.ClH/c1-4-14(6-5-12)10-7-8(2)13-9(3)11(10)15(16)17;/h7H,4-6H2,1-3H3;1H. The van der Waals surface area contributed by atoms with Gasteiger partial charge in [-0.15, -0.1) is 24.0 Å². The van der Waals surface area contributed by atoms with E-state index in [2.05, 4.69) is 4.98 Å². The summed E-state index contributed by atoms with van der Waals surface area (Å²) in [5.41, 5.74) is 1.89. The molecular weight excluding hydrogens is 277 g/mol. The molecular formula is C11H17Cl2N3O2. The minimum absolute atomic E-state index is 0. The Morgan fingerprint density at radius 1 is 1.50 bits per heavy atom. The smallest absolute Gasteiger partial charge is 0.313 e. The molecule has 0 N–H and O–H groups in total. The van der Waals surface area contributed by atoms with Crippen LogP contribution in [0.25, 0.3) is 0 Å². The lowest BCUT2D eigenvalue weighted by molar-refractivity contribution is -0.385. The molecule has 0 atom stereocenters. The number of rotatable bonds is 5. The van der Waals surface area contributed by atoms with Gasteiger partial charge in [-0.1, -0.05) is 0 Å². The molecule has 0 aliphatic rings. The first-order valence-corrected chi connectivity index (χ1v) is 5.98. The van der Waals surface area contributed by atoms with Crippen molar-refractivity contribution >= 4 is 35.4 Å². The lowest BCUT2D eigenvalue weighted by Crippen LogP contribution is -2.26. The minimum Gasteiger partial charge on any atom is -0.365 e. The van der Waals surface area contributed by atoms with Gasteiger partial charge in [0.1, 0.15) is 11.4 Å². The predicted octanol–water partition coefficient (Wildman–Crippen LogP) is 3.09. The Balaban J connectivity index is 0.00000289. The van der Waals surface area contributed by atoms with Crippen molar-refractivity contribution in [3.05, 3.63) is 27.6 Å². The third-order valence-corrected chi connectivity index (χ3v) is 2.70. The van der Waals surface area contributed by atoms with E-state index in [1.165, 1.54) is 0 Å². The Labute approximate surface area is 118 Å². The molecule has 1 aromatic heterocycles. The molecule has 1 rings (SSSR count). The van der Waals surface area contributed by atoms with Crippen LogP contribution in [0.1, 0.15) is 18.3 Å². The monoisotopic (exact) mass is 293 g/mol. The van der Waals surface area contributed by atoms with Crippen LogP contribution in [0.5, 0.6) is 0 Å². The van der Waals surface area contributed by atoms with Crippen LogP contribution in [0, 0.1) is 24.0 Å². The molecule has 102 valence electrons. The summed E-state index contributed by atoms with van der Waals surface area (Å²) >= 11 is 5.71. The van der Waals surface area contributed by atoms with E-state index in [1.807, 2.05) is 18.7 Å². The molecule has 1 aromatic rings. The summed E-state index contributed by atoms with van der Waals surface area (Å²) in [6, 6.07) is 1.74. The van der Waals surface area contributed by atoms with Gasteiger partial charge in [0.25, 0.3) is 0 Å². The summed E-state index contributed by atoms with van der Waals surface area (Å²) in [5.74, 6) is 0.436. The van der Waals surface area contributed by atoms with Crippen molar-refractivity contribution in [2.45, 2.75) is 20.8 Å². The summed E-state index contributed by atoms with van der Waals surface area (Å²) in [4.78, 5) is 16.7. The van der Waals surface area contributed by atoms with E-state index in [4.69, 9.17) is 11.6 Å². The number of halogens is 2. The van der Waals surface area contributed by atoms with Crippen LogP contribution in [-0.2, 0) is 0 Å². The van der Waals surface area contributed by atoms with Crippen molar-refractivity contribution in [1.82, 2.24) is 4.98 Å². The number of nitrogens with zero attached hydrogens (tertiary/aromatic N) is 3. The van der Waals surface area contributed by atoms with Gasteiger partial charge in [-0.3, -0.25) is 15.1 Å². The van der Waals surface area contributed by atoms with Crippen molar-refractivity contribution in [1.29, 1.82) is 0 Å². The summed E-state index contributed by atoms with van der Waals surface area (Å²) in [6.45, 7) is 6.69. The van der Waals surface area contributed by atoms with Gasteiger partial charge in [0.05, 0.1) is 4.92 Å². The number of aryl methyl sites for hydroxylation is 2. The third-order valence-electron chi connectivity index (χ3n) is 2.53. The highest BCUT2D eigenvalue weighted by molar-refractivity contribution is 6.18. The Kier molecular flexibility index (Phi) is 6.94. The number of anilines is 1. The molecule has 0 aromatic carbocycles. The van der Waals surface area contributed by atoms with Crippen LogP contribution in [0.3, 0.4) is 0 Å². The second kappa shape index (κ2) is 7.38. The maximum atomic E-state index is 11.1. The van der Waals surface area contributed by atoms with Gasteiger partial charge < -0.3 is 4.90 Å². The van der Waals surface area contributed by atoms with Gasteiger partial charge in [0.15, 0.2) is 0 Å². The van der Waals surface area contributed by atoms with E-state index < -0.39 is 0 Å². The van der Waals surface area contributed by atoms with Crippen molar-refractivity contribution < 1.29 is 4.92 Å². The lowest BCUT2D eigenvalue weighted by Gasteiger charge is -2.22. The van der Waals surface area contributed by atoms with Crippen molar-refractivity contribution in [2.75, 3.05) is 23.9 Å². The van der Waals surface area contributed by atoms with E-state index in [-0.39, 0.29) is 23.0 Å². The van der Waals surface area contributed by atoms with E-state index in [1.54, 1.807) is 13.0 Å². The van der Waals surface area contributed by atoms with Crippen molar-refractivity contribution in [2.24, 2.45) is 0 Å². The molecule has 0 aliphatic carbocycles. The molecule has 0 fully saturated rings. The molecule has 18 heavy (non-hydrogen) atoms. The molecule has 0 amide bonds. The highest BCUT2D eigenvalue weighted by Gasteiger charge is 2.22. The maximum absolute atomic E-state index is 11.1.